The second kappa shape index (κ2) is 5.45. The van der Waals surface area contributed by atoms with Crippen molar-refractivity contribution >= 4 is 24.1 Å². The summed E-state index contributed by atoms with van der Waals surface area (Å²) in [4.78, 5) is 24.4. The Morgan fingerprint density at radius 3 is 1.81 bits per heavy atom. The summed E-state index contributed by atoms with van der Waals surface area (Å²) in [5.74, 6) is -2.10. The average Bonchev–Trinajstić information content (AvgIpc) is 2.24. The quantitative estimate of drug-likeness (QED) is 0.744. The molecule has 0 saturated heterocycles. The first-order valence-electron chi connectivity index (χ1n) is 4.35. The lowest BCUT2D eigenvalue weighted by molar-refractivity contribution is -0.132. The highest BCUT2D eigenvalue weighted by Crippen LogP contribution is 2.06. The maximum absolute atomic E-state index is 10.3. The molecule has 1 heterocycles. The van der Waals surface area contributed by atoms with E-state index in [0.29, 0.717) is 11.1 Å². The van der Waals surface area contributed by atoms with Crippen LogP contribution in [0.25, 0.3) is 12.2 Å². The maximum Gasteiger partial charge on any atom is 0.328 e. The number of aromatic nitrogens is 1. The highest BCUT2D eigenvalue weighted by atomic mass is 16.4. The van der Waals surface area contributed by atoms with E-state index in [4.69, 9.17) is 10.2 Å². The van der Waals surface area contributed by atoms with Gasteiger partial charge in [0, 0.05) is 24.5 Å². The number of aliphatic carboxylic acids is 2. The molecule has 0 unspecified atom stereocenters. The molecule has 5 nitrogen and oxygen atoms in total. The SMILES string of the molecule is O=C(O)C=Cc1cncc(C=CC(=O)O)c1. The normalized spacial score (nSPS) is 11.0. The number of rotatable bonds is 4. The predicted octanol–water partition coefficient (Wildman–Crippen LogP) is 1.28. The largest absolute Gasteiger partial charge is 0.478 e. The number of carboxylic acid groups (broad SMARTS) is 2. The molecule has 1 rings (SSSR count). The van der Waals surface area contributed by atoms with Crippen LogP contribution in [0.5, 0.6) is 0 Å². The Labute approximate surface area is 91.4 Å². The summed E-state index contributed by atoms with van der Waals surface area (Å²) in [5, 5.41) is 16.8. The third-order valence-corrected chi connectivity index (χ3v) is 1.62. The Hall–Kier alpha value is -2.43. The van der Waals surface area contributed by atoms with Gasteiger partial charge in [0.25, 0.3) is 0 Å². The van der Waals surface area contributed by atoms with Crippen LogP contribution in [-0.2, 0) is 9.59 Å². The monoisotopic (exact) mass is 219 g/mol. The fourth-order valence-electron chi connectivity index (χ4n) is 0.994. The van der Waals surface area contributed by atoms with Crippen molar-refractivity contribution in [1.29, 1.82) is 0 Å². The maximum atomic E-state index is 10.3. The van der Waals surface area contributed by atoms with E-state index in [0.717, 1.165) is 12.2 Å². The molecule has 1 aromatic rings. The van der Waals surface area contributed by atoms with E-state index < -0.39 is 11.9 Å². The molecule has 1 aromatic heterocycles. The lowest BCUT2D eigenvalue weighted by Gasteiger charge is -1.94. The summed E-state index contributed by atoms with van der Waals surface area (Å²) in [6.45, 7) is 0. The molecule has 0 bridgehead atoms. The lowest BCUT2D eigenvalue weighted by Crippen LogP contribution is -1.88. The van der Waals surface area contributed by atoms with Gasteiger partial charge in [-0.2, -0.15) is 0 Å². The van der Waals surface area contributed by atoms with Crippen molar-refractivity contribution in [2.75, 3.05) is 0 Å². The van der Waals surface area contributed by atoms with Gasteiger partial charge in [0.15, 0.2) is 0 Å². The first-order valence-corrected chi connectivity index (χ1v) is 4.35. The lowest BCUT2D eigenvalue weighted by atomic mass is 10.2. The molecule has 0 radical (unpaired) electrons. The third kappa shape index (κ3) is 4.19. The Balaban J connectivity index is 2.87. The standard InChI is InChI=1S/C11H9NO4/c13-10(14)3-1-8-5-9(7-12-6-8)2-4-11(15)16/h1-7H,(H,13,14)(H,15,16). The zero-order valence-electron chi connectivity index (χ0n) is 8.20. The molecule has 0 aromatic carbocycles. The fraction of sp³-hybridized carbons (Fsp3) is 0. The summed E-state index contributed by atoms with van der Waals surface area (Å²) in [6, 6.07) is 1.63. The van der Waals surface area contributed by atoms with Crippen LogP contribution in [-0.4, -0.2) is 27.1 Å². The average molecular weight is 219 g/mol. The van der Waals surface area contributed by atoms with Gasteiger partial charge in [0.1, 0.15) is 0 Å². The Bertz CT molecular complexity index is 424. The Kier molecular flexibility index (Phi) is 3.97. The third-order valence-electron chi connectivity index (χ3n) is 1.62. The molecular formula is C11H9NO4. The van der Waals surface area contributed by atoms with Crippen LogP contribution < -0.4 is 0 Å². The van der Waals surface area contributed by atoms with Crippen molar-refractivity contribution in [3.05, 3.63) is 41.7 Å². The van der Waals surface area contributed by atoms with Crippen LogP contribution in [0.2, 0.25) is 0 Å². The minimum Gasteiger partial charge on any atom is -0.478 e. The van der Waals surface area contributed by atoms with Crippen molar-refractivity contribution in [2.45, 2.75) is 0 Å². The van der Waals surface area contributed by atoms with Gasteiger partial charge in [-0.3, -0.25) is 4.98 Å². The summed E-state index contributed by atoms with van der Waals surface area (Å²) >= 11 is 0. The highest BCUT2D eigenvalue weighted by Gasteiger charge is 1.93. The zero-order valence-corrected chi connectivity index (χ0v) is 8.20. The van der Waals surface area contributed by atoms with Gasteiger partial charge < -0.3 is 10.2 Å². The molecule has 16 heavy (non-hydrogen) atoms. The van der Waals surface area contributed by atoms with Gasteiger partial charge in [-0.05, 0) is 29.3 Å². The first-order chi connectivity index (χ1) is 7.58. The van der Waals surface area contributed by atoms with E-state index in [1.165, 1.54) is 24.5 Å². The first kappa shape index (κ1) is 11.6. The van der Waals surface area contributed by atoms with Crippen LogP contribution in [0, 0.1) is 0 Å². The van der Waals surface area contributed by atoms with Gasteiger partial charge in [-0.25, -0.2) is 9.59 Å². The molecule has 0 atom stereocenters. The zero-order chi connectivity index (χ0) is 12.0. The minimum atomic E-state index is -1.05. The Morgan fingerprint density at radius 1 is 1.00 bits per heavy atom. The second-order valence-corrected chi connectivity index (χ2v) is 2.89. The molecule has 5 heteroatoms. The summed E-state index contributed by atoms with van der Waals surface area (Å²) < 4.78 is 0. The van der Waals surface area contributed by atoms with Crippen LogP contribution in [0.1, 0.15) is 11.1 Å². The van der Waals surface area contributed by atoms with Gasteiger partial charge in [0.2, 0.25) is 0 Å². The van der Waals surface area contributed by atoms with E-state index in [2.05, 4.69) is 4.98 Å². The molecule has 0 amide bonds. The summed E-state index contributed by atoms with van der Waals surface area (Å²) in [6.07, 6.45) is 7.71. The van der Waals surface area contributed by atoms with E-state index >= 15 is 0 Å². The molecule has 0 aliphatic rings. The summed E-state index contributed by atoms with van der Waals surface area (Å²) in [7, 11) is 0. The van der Waals surface area contributed by atoms with Crippen molar-refractivity contribution in [1.82, 2.24) is 4.98 Å². The van der Waals surface area contributed by atoms with Gasteiger partial charge >= 0.3 is 11.9 Å². The number of hydrogen-bond donors (Lipinski definition) is 2. The van der Waals surface area contributed by atoms with Gasteiger partial charge in [0.05, 0.1) is 0 Å². The number of carboxylic acids is 2. The van der Waals surface area contributed by atoms with Crippen LogP contribution in [0.3, 0.4) is 0 Å². The molecule has 0 fully saturated rings. The molecular weight excluding hydrogens is 210 g/mol. The van der Waals surface area contributed by atoms with E-state index in [1.807, 2.05) is 0 Å². The van der Waals surface area contributed by atoms with Crippen molar-refractivity contribution in [2.24, 2.45) is 0 Å². The highest BCUT2D eigenvalue weighted by molar-refractivity contribution is 5.86. The van der Waals surface area contributed by atoms with Gasteiger partial charge in [-0.15, -0.1) is 0 Å². The molecule has 0 aliphatic heterocycles. The smallest absolute Gasteiger partial charge is 0.328 e. The van der Waals surface area contributed by atoms with E-state index in [1.54, 1.807) is 6.07 Å². The van der Waals surface area contributed by atoms with Crippen LogP contribution in [0.4, 0.5) is 0 Å². The number of carbonyl (C=O) groups is 2. The van der Waals surface area contributed by atoms with Gasteiger partial charge in [-0.1, -0.05) is 0 Å². The number of hydrogen-bond acceptors (Lipinski definition) is 3. The second-order valence-electron chi connectivity index (χ2n) is 2.89. The molecule has 0 saturated carbocycles. The Morgan fingerprint density at radius 2 is 1.44 bits per heavy atom. The minimum absolute atomic E-state index is 0.593. The van der Waals surface area contributed by atoms with Crippen LogP contribution >= 0.6 is 0 Å². The van der Waals surface area contributed by atoms with Crippen molar-refractivity contribution < 1.29 is 19.8 Å². The topological polar surface area (TPSA) is 87.5 Å². The summed E-state index contributed by atoms with van der Waals surface area (Å²) in [5.41, 5.74) is 1.19. The molecule has 2 N–H and O–H groups in total. The van der Waals surface area contributed by atoms with E-state index in [9.17, 15) is 9.59 Å². The van der Waals surface area contributed by atoms with E-state index in [-0.39, 0.29) is 0 Å². The molecule has 82 valence electrons. The predicted molar refractivity (Wildman–Crippen MR) is 57.6 cm³/mol. The van der Waals surface area contributed by atoms with Crippen molar-refractivity contribution in [3.8, 4) is 0 Å². The fourth-order valence-corrected chi connectivity index (χ4v) is 0.994. The van der Waals surface area contributed by atoms with Crippen LogP contribution in [0.15, 0.2) is 30.6 Å². The molecule has 0 spiro atoms. The number of nitrogens with zero attached hydrogens (tertiary/aromatic N) is 1. The number of pyridine rings is 1. The van der Waals surface area contributed by atoms with Crippen molar-refractivity contribution in [3.63, 3.8) is 0 Å². The molecule has 0 aliphatic carbocycles.